The molecule has 0 saturated carbocycles. The highest BCUT2D eigenvalue weighted by Crippen LogP contribution is 2.28. The molecule has 0 radical (unpaired) electrons. The van der Waals surface area contributed by atoms with Crippen LogP contribution in [0.1, 0.15) is 48.2 Å². The third-order valence-electron chi connectivity index (χ3n) is 5.59. The van der Waals surface area contributed by atoms with Crippen molar-refractivity contribution in [3.63, 3.8) is 0 Å². The van der Waals surface area contributed by atoms with Gasteiger partial charge in [-0.3, -0.25) is 4.79 Å². The number of amides is 1. The maximum atomic E-state index is 12.9. The molecule has 4 rings (SSSR count). The molecule has 33 heavy (non-hydrogen) atoms. The number of ether oxygens (including phenoxy) is 2. The van der Waals surface area contributed by atoms with Crippen LogP contribution in [0, 0.1) is 0 Å². The lowest BCUT2D eigenvalue weighted by Crippen LogP contribution is -2.13. The van der Waals surface area contributed by atoms with Crippen LogP contribution in [0.2, 0.25) is 0 Å². The van der Waals surface area contributed by atoms with Crippen molar-refractivity contribution in [1.82, 2.24) is 0 Å². The average molecular weight is 440 g/mol. The van der Waals surface area contributed by atoms with Crippen molar-refractivity contribution in [2.24, 2.45) is 0 Å². The van der Waals surface area contributed by atoms with Crippen molar-refractivity contribution in [1.29, 1.82) is 0 Å². The Morgan fingerprint density at radius 1 is 0.848 bits per heavy atom. The second kappa shape index (κ2) is 10.2. The zero-order chi connectivity index (χ0) is 23.2. The molecular formula is C29H29NO3. The molecule has 0 aromatic heterocycles. The second-order valence-electron chi connectivity index (χ2n) is 8.25. The Labute approximate surface area is 195 Å². The Hall–Kier alpha value is -3.79. The Balaban J connectivity index is 1.54. The normalized spacial score (nSPS) is 10.9. The Kier molecular flexibility index (Phi) is 6.94. The number of benzene rings is 4. The Morgan fingerprint density at radius 3 is 2.36 bits per heavy atom. The topological polar surface area (TPSA) is 47.6 Å². The van der Waals surface area contributed by atoms with E-state index in [4.69, 9.17) is 9.47 Å². The molecule has 1 N–H and O–H groups in total. The van der Waals surface area contributed by atoms with E-state index in [1.54, 1.807) is 6.07 Å². The minimum atomic E-state index is -0.165. The van der Waals surface area contributed by atoms with Crippen molar-refractivity contribution in [3.05, 3.63) is 102 Å². The van der Waals surface area contributed by atoms with Gasteiger partial charge >= 0.3 is 0 Å². The molecule has 0 bridgehead atoms. The van der Waals surface area contributed by atoms with Crippen molar-refractivity contribution in [3.8, 4) is 11.5 Å². The number of hydrogen-bond acceptors (Lipinski definition) is 3. The van der Waals surface area contributed by atoms with Gasteiger partial charge in [-0.05, 0) is 60.2 Å². The molecular weight excluding hydrogens is 410 g/mol. The lowest BCUT2D eigenvalue weighted by Gasteiger charge is -2.15. The predicted molar refractivity (Wildman–Crippen MR) is 134 cm³/mol. The smallest absolute Gasteiger partial charge is 0.255 e. The van der Waals surface area contributed by atoms with Gasteiger partial charge in [0, 0.05) is 22.2 Å². The number of anilines is 1. The monoisotopic (exact) mass is 439 g/mol. The highest BCUT2D eigenvalue weighted by Gasteiger charge is 2.13. The summed E-state index contributed by atoms with van der Waals surface area (Å²) in [5, 5.41) is 5.15. The third-order valence-corrected chi connectivity index (χ3v) is 5.59. The summed E-state index contributed by atoms with van der Waals surface area (Å²) in [5.74, 6) is 1.80. The molecule has 4 aromatic carbocycles. The summed E-state index contributed by atoms with van der Waals surface area (Å²) in [6.07, 6.45) is 0. The predicted octanol–water partition coefficient (Wildman–Crippen LogP) is 7.19. The Morgan fingerprint density at radius 2 is 1.61 bits per heavy atom. The van der Waals surface area contributed by atoms with E-state index in [2.05, 4.69) is 31.3 Å². The van der Waals surface area contributed by atoms with E-state index < -0.39 is 0 Å². The van der Waals surface area contributed by atoms with Gasteiger partial charge in [-0.1, -0.05) is 62.4 Å². The molecule has 0 aliphatic carbocycles. The minimum absolute atomic E-state index is 0.165. The summed E-state index contributed by atoms with van der Waals surface area (Å²) in [6.45, 7) is 7.07. The minimum Gasteiger partial charge on any atom is -0.493 e. The molecule has 0 unspecified atom stereocenters. The van der Waals surface area contributed by atoms with E-state index in [-0.39, 0.29) is 5.91 Å². The molecule has 0 aliphatic heterocycles. The van der Waals surface area contributed by atoms with Crippen LogP contribution in [0.4, 0.5) is 5.69 Å². The lowest BCUT2D eigenvalue weighted by molar-refractivity contribution is 0.102. The van der Waals surface area contributed by atoms with E-state index in [9.17, 15) is 4.79 Å². The molecule has 4 heteroatoms. The summed E-state index contributed by atoms with van der Waals surface area (Å²) in [5.41, 5.74) is 3.39. The summed E-state index contributed by atoms with van der Waals surface area (Å²) in [6, 6.07) is 27.5. The number of nitrogens with one attached hydrogen (secondary N) is 1. The van der Waals surface area contributed by atoms with Gasteiger partial charge in [0.2, 0.25) is 0 Å². The van der Waals surface area contributed by atoms with Crippen LogP contribution in [-0.4, -0.2) is 12.5 Å². The van der Waals surface area contributed by atoms with Crippen molar-refractivity contribution in [2.75, 3.05) is 11.9 Å². The number of carbonyl (C=O) groups is 1. The number of fused-ring (bicyclic) bond motifs is 1. The van der Waals surface area contributed by atoms with E-state index in [1.807, 2.05) is 73.7 Å². The van der Waals surface area contributed by atoms with Crippen LogP contribution in [0.3, 0.4) is 0 Å². The number of hydrogen-bond donors (Lipinski definition) is 1. The van der Waals surface area contributed by atoms with E-state index in [1.165, 1.54) is 5.56 Å². The van der Waals surface area contributed by atoms with Crippen LogP contribution in [0.25, 0.3) is 10.8 Å². The summed E-state index contributed by atoms with van der Waals surface area (Å²) < 4.78 is 12.0. The van der Waals surface area contributed by atoms with E-state index >= 15 is 0 Å². The maximum Gasteiger partial charge on any atom is 0.255 e. The quantitative estimate of drug-likeness (QED) is 0.316. The van der Waals surface area contributed by atoms with Gasteiger partial charge in [0.15, 0.2) is 0 Å². The van der Waals surface area contributed by atoms with Crippen LogP contribution < -0.4 is 14.8 Å². The van der Waals surface area contributed by atoms with Gasteiger partial charge in [-0.15, -0.1) is 0 Å². The first kappa shape index (κ1) is 22.4. The fourth-order valence-corrected chi connectivity index (χ4v) is 3.76. The molecule has 0 atom stereocenters. The fraction of sp³-hybridized carbons (Fsp3) is 0.207. The highest BCUT2D eigenvalue weighted by atomic mass is 16.5. The van der Waals surface area contributed by atoms with E-state index in [0.29, 0.717) is 24.7 Å². The van der Waals surface area contributed by atoms with Gasteiger partial charge in [-0.2, -0.15) is 0 Å². The van der Waals surface area contributed by atoms with Crippen molar-refractivity contribution in [2.45, 2.75) is 33.3 Å². The molecule has 0 fully saturated rings. The zero-order valence-corrected chi connectivity index (χ0v) is 19.3. The first-order valence-corrected chi connectivity index (χ1v) is 11.3. The number of carbonyl (C=O) groups excluding carboxylic acids is 1. The Bertz CT molecular complexity index is 1240. The van der Waals surface area contributed by atoms with Gasteiger partial charge in [0.1, 0.15) is 18.1 Å². The molecule has 4 nitrogen and oxygen atoms in total. The van der Waals surface area contributed by atoms with Crippen LogP contribution in [0.15, 0.2) is 84.9 Å². The largest absolute Gasteiger partial charge is 0.493 e. The molecule has 168 valence electrons. The summed E-state index contributed by atoms with van der Waals surface area (Å²) in [7, 11) is 0. The third kappa shape index (κ3) is 5.35. The molecule has 4 aromatic rings. The van der Waals surface area contributed by atoms with Gasteiger partial charge in [-0.25, -0.2) is 0 Å². The lowest BCUT2D eigenvalue weighted by atomic mass is 10.0. The first-order chi connectivity index (χ1) is 16.0. The summed E-state index contributed by atoms with van der Waals surface area (Å²) in [4.78, 5) is 12.9. The van der Waals surface area contributed by atoms with Gasteiger partial charge < -0.3 is 14.8 Å². The number of rotatable bonds is 8. The van der Waals surface area contributed by atoms with Gasteiger partial charge in [0.25, 0.3) is 5.91 Å². The van der Waals surface area contributed by atoms with Crippen molar-refractivity contribution >= 4 is 22.4 Å². The maximum absolute atomic E-state index is 12.9. The first-order valence-electron chi connectivity index (χ1n) is 11.3. The van der Waals surface area contributed by atoms with Crippen LogP contribution in [-0.2, 0) is 6.61 Å². The fourth-order valence-electron chi connectivity index (χ4n) is 3.76. The molecule has 0 spiro atoms. The SMILES string of the molecule is CCOc1ccc(C(=O)Nc2ccc(C(C)C)cc2)cc1COc1cccc2ccccc12. The zero-order valence-electron chi connectivity index (χ0n) is 19.3. The second-order valence-corrected chi connectivity index (χ2v) is 8.25. The van der Waals surface area contributed by atoms with Gasteiger partial charge in [0.05, 0.1) is 6.61 Å². The standard InChI is InChI=1S/C29H29NO3/c1-4-32-27-17-14-23(29(31)30-25-15-12-21(13-16-25)20(2)3)18-24(27)19-33-28-11-7-9-22-8-5-6-10-26(22)28/h5-18,20H,4,19H2,1-3H3,(H,30,31). The van der Waals surface area contributed by atoms with Crippen molar-refractivity contribution < 1.29 is 14.3 Å². The molecule has 1 amide bonds. The summed E-state index contributed by atoms with van der Waals surface area (Å²) >= 11 is 0. The average Bonchev–Trinajstić information content (AvgIpc) is 2.84. The molecule has 0 aliphatic rings. The van der Waals surface area contributed by atoms with Crippen LogP contribution in [0.5, 0.6) is 11.5 Å². The molecule has 0 heterocycles. The van der Waals surface area contributed by atoms with E-state index in [0.717, 1.165) is 33.5 Å². The highest BCUT2D eigenvalue weighted by molar-refractivity contribution is 6.04. The molecule has 0 saturated heterocycles. The van der Waals surface area contributed by atoms with Crippen LogP contribution >= 0.6 is 0 Å².